The third-order valence-corrected chi connectivity index (χ3v) is 8.73. The first-order valence-corrected chi connectivity index (χ1v) is 11.5. The van der Waals surface area contributed by atoms with Gasteiger partial charge in [-0.05, 0) is 59.9 Å². The zero-order chi connectivity index (χ0) is 16.0. The van der Waals surface area contributed by atoms with E-state index >= 15 is 0 Å². The Morgan fingerprint density at radius 2 is 2.00 bits per heavy atom. The van der Waals surface area contributed by atoms with Crippen LogP contribution in [-0.4, -0.2) is 13.7 Å². The summed E-state index contributed by atoms with van der Waals surface area (Å²) in [7, 11) is 1.66. The molecule has 0 radical (unpaired) electrons. The van der Waals surface area contributed by atoms with E-state index in [0.29, 0.717) is 17.9 Å². The molecular formula is C17H23O2PS2. The molecule has 0 spiro atoms. The number of hydrogen-bond donors (Lipinski definition) is 1. The van der Waals surface area contributed by atoms with Crippen LogP contribution in [0.5, 0.6) is 5.75 Å². The molecule has 5 heteroatoms. The first-order chi connectivity index (χ1) is 10.3. The van der Waals surface area contributed by atoms with E-state index in [-0.39, 0.29) is 0 Å². The predicted molar refractivity (Wildman–Crippen MR) is 99.9 cm³/mol. The minimum Gasteiger partial charge on any atom is -0.497 e. The lowest BCUT2D eigenvalue weighted by atomic mass is 9.50. The van der Waals surface area contributed by atoms with E-state index in [1.165, 1.54) is 12.0 Å². The fraction of sp³-hybridized carbons (Fsp3) is 0.529. The maximum Gasteiger partial charge on any atom is 0.146 e. The SMILES string of the molecule is COc1ccc(P(=S)(S)OCC2=CC3CC(C2)C3(C)C)cc1. The van der Waals surface area contributed by atoms with Gasteiger partial charge in [-0.15, -0.1) is 12.2 Å². The zero-order valence-electron chi connectivity index (χ0n) is 13.3. The second-order valence-electron chi connectivity index (χ2n) is 6.88. The van der Waals surface area contributed by atoms with E-state index in [1.54, 1.807) is 7.11 Å². The van der Waals surface area contributed by atoms with Crippen molar-refractivity contribution >= 4 is 34.8 Å². The number of thiol groups is 1. The Morgan fingerprint density at radius 1 is 1.32 bits per heavy atom. The molecule has 1 saturated carbocycles. The third kappa shape index (κ3) is 3.03. The van der Waals surface area contributed by atoms with Gasteiger partial charge in [-0.3, -0.25) is 0 Å². The smallest absolute Gasteiger partial charge is 0.146 e. The summed E-state index contributed by atoms with van der Waals surface area (Å²) in [6.07, 6.45) is 4.90. The van der Waals surface area contributed by atoms with Crippen LogP contribution in [0, 0.1) is 17.3 Å². The molecule has 22 heavy (non-hydrogen) atoms. The summed E-state index contributed by atoms with van der Waals surface area (Å²) in [5, 5.41) is 0.980. The topological polar surface area (TPSA) is 18.5 Å². The van der Waals surface area contributed by atoms with Gasteiger partial charge in [0.05, 0.1) is 13.7 Å². The Hall–Kier alpha value is -0.280. The van der Waals surface area contributed by atoms with Crippen LogP contribution in [0.15, 0.2) is 35.9 Å². The largest absolute Gasteiger partial charge is 0.497 e. The molecule has 0 saturated heterocycles. The van der Waals surface area contributed by atoms with E-state index < -0.39 is 5.47 Å². The van der Waals surface area contributed by atoms with Gasteiger partial charge in [0, 0.05) is 5.30 Å². The highest BCUT2D eigenvalue weighted by atomic mass is 32.9. The summed E-state index contributed by atoms with van der Waals surface area (Å²) in [6, 6.07) is 7.74. The maximum atomic E-state index is 6.05. The normalized spacial score (nSPS) is 28.3. The highest BCUT2D eigenvalue weighted by Crippen LogP contribution is 2.59. The Kier molecular flexibility index (Phi) is 4.50. The second kappa shape index (κ2) is 5.98. The lowest BCUT2D eigenvalue weighted by Gasteiger charge is -2.55. The molecule has 1 fully saturated rings. The molecule has 3 unspecified atom stereocenters. The quantitative estimate of drug-likeness (QED) is 0.475. The molecular weight excluding hydrogens is 331 g/mol. The van der Waals surface area contributed by atoms with Crippen molar-refractivity contribution in [3.8, 4) is 5.75 Å². The van der Waals surface area contributed by atoms with Crippen molar-refractivity contribution in [1.29, 1.82) is 0 Å². The minimum absolute atomic E-state index is 0.473. The van der Waals surface area contributed by atoms with E-state index in [9.17, 15) is 0 Å². The maximum absolute atomic E-state index is 6.05. The van der Waals surface area contributed by atoms with Crippen LogP contribution in [0.3, 0.4) is 0 Å². The van der Waals surface area contributed by atoms with Crippen LogP contribution < -0.4 is 10.0 Å². The van der Waals surface area contributed by atoms with Crippen molar-refractivity contribution in [3.63, 3.8) is 0 Å². The summed E-state index contributed by atoms with van der Waals surface area (Å²) >= 11 is 10.3. The average molecular weight is 354 g/mol. The second-order valence-corrected chi connectivity index (χ2v) is 12.7. The summed E-state index contributed by atoms with van der Waals surface area (Å²) in [6.45, 7) is 5.37. The van der Waals surface area contributed by atoms with Gasteiger partial charge in [-0.25, -0.2) is 0 Å². The molecule has 0 aromatic heterocycles. The molecule has 0 heterocycles. The van der Waals surface area contributed by atoms with Gasteiger partial charge >= 0.3 is 0 Å². The molecule has 0 amide bonds. The zero-order valence-corrected chi connectivity index (χ0v) is 15.9. The predicted octanol–water partition coefficient (Wildman–Crippen LogP) is 4.57. The average Bonchev–Trinajstić information content (AvgIpc) is 2.53. The van der Waals surface area contributed by atoms with Crippen molar-refractivity contribution in [2.45, 2.75) is 26.7 Å². The van der Waals surface area contributed by atoms with Gasteiger partial charge in [0.1, 0.15) is 11.2 Å². The number of fused-ring (bicyclic) bond motifs is 1. The van der Waals surface area contributed by atoms with Crippen LogP contribution in [-0.2, 0) is 16.3 Å². The molecule has 0 aliphatic heterocycles. The molecule has 2 bridgehead atoms. The first-order valence-electron chi connectivity index (χ1n) is 7.64. The molecule has 3 aliphatic carbocycles. The molecule has 120 valence electrons. The highest BCUT2D eigenvalue weighted by molar-refractivity contribution is 8.64. The van der Waals surface area contributed by atoms with Gasteiger partial charge < -0.3 is 9.26 Å². The summed E-state index contributed by atoms with van der Waals surface area (Å²) in [5.41, 5.74) is -0.374. The molecule has 0 N–H and O–H groups in total. The summed E-state index contributed by atoms with van der Waals surface area (Å²) < 4.78 is 11.2. The molecule has 4 rings (SSSR count). The lowest BCUT2D eigenvalue weighted by Crippen LogP contribution is -2.47. The van der Waals surface area contributed by atoms with Crippen molar-refractivity contribution in [1.82, 2.24) is 0 Å². The highest BCUT2D eigenvalue weighted by Gasteiger charge is 2.49. The van der Waals surface area contributed by atoms with E-state index in [0.717, 1.165) is 23.4 Å². The van der Waals surface area contributed by atoms with Crippen LogP contribution in [0.2, 0.25) is 0 Å². The van der Waals surface area contributed by atoms with Crippen molar-refractivity contribution in [2.75, 3.05) is 13.7 Å². The third-order valence-electron chi connectivity index (χ3n) is 5.32. The fourth-order valence-electron chi connectivity index (χ4n) is 3.48. The van der Waals surface area contributed by atoms with Gasteiger partial charge in [0.25, 0.3) is 0 Å². The number of allylic oxidation sites excluding steroid dienone is 1. The van der Waals surface area contributed by atoms with Crippen molar-refractivity contribution < 1.29 is 9.26 Å². The van der Waals surface area contributed by atoms with Gasteiger partial charge in [0.15, 0.2) is 0 Å². The van der Waals surface area contributed by atoms with Crippen LogP contribution in [0.4, 0.5) is 0 Å². The number of hydrogen-bond acceptors (Lipinski definition) is 3. The summed E-state index contributed by atoms with van der Waals surface area (Å²) in [5.74, 6) is 2.34. The monoisotopic (exact) mass is 354 g/mol. The Morgan fingerprint density at radius 3 is 2.50 bits per heavy atom. The lowest BCUT2D eigenvalue weighted by molar-refractivity contribution is -0.00295. The fourth-order valence-corrected chi connectivity index (χ4v) is 5.59. The first kappa shape index (κ1) is 16.6. The molecule has 1 aromatic carbocycles. The molecule has 3 atom stereocenters. The van der Waals surface area contributed by atoms with Gasteiger partial charge in [-0.1, -0.05) is 31.7 Å². The number of rotatable bonds is 5. The molecule has 2 nitrogen and oxygen atoms in total. The molecule has 3 aliphatic rings. The van der Waals surface area contributed by atoms with E-state index in [4.69, 9.17) is 21.1 Å². The van der Waals surface area contributed by atoms with E-state index in [2.05, 4.69) is 32.2 Å². The van der Waals surface area contributed by atoms with Crippen LogP contribution in [0.25, 0.3) is 0 Å². The van der Waals surface area contributed by atoms with Gasteiger partial charge in [0.2, 0.25) is 0 Å². The number of benzene rings is 1. The Labute approximate surface area is 143 Å². The van der Waals surface area contributed by atoms with Crippen LogP contribution in [0.1, 0.15) is 26.7 Å². The van der Waals surface area contributed by atoms with Crippen molar-refractivity contribution in [3.05, 3.63) is 35.9 Å². The Balaban J connectivity index is 1.64. The molecule has 1 aromatic rings. The van der Waals surface area contributed by atoms with Crippen molar-refractivity contribution in [2.24, 2.45) is 17.3 Å². The standard InChI is InChI=1S/C17H23O2PS2/c1-17(2)13-8-12(9-14(17)10-13)11-19-20(21,22)16-6-4-15(18-3)5-7-16/h4-8,13-14H,9-11H2,1-3H3,(H,21,22). The van der Waals surface area contributed by atoms with Gasteiger partial charge in [-0.2, -0.15) is 0 Å². The number of methoxy groups -OCH3 is 1. The minimum atomic E-state index is -2.25. The van der Waals surface area contributed by atoms with E-state index in [1.807, 2.05) is 24.3 Å². The van der Waals surface area contributed by atoms with Crippen LogP contribution >= 0.6 is 17.7 Å². The Bertz CT molecular complexity index is 637. The number of ether oxygens (including phenoxy) is 1. The summed E-state index contributed by atoms with van der Waals surface area (Å²) in [4.78, 5) is 0.